The smallest absolute Gasteiger partial charge is 0.249 e. The average Bonchev–Trinajstić information content (AvgIpc) is 2.79. The molecule has 33 heavy (non-hydrogen) atoms. The first kappa shape index (κ1) is 25.5. The van der Waals surface area contributed by atoms with Gasteiger partial charge in [0.1, 0.15) is 6.04 Å². The van der Waals surface area contributed by atoms with Gasteiger partial charge in [-0.2, -0.15) is 0 Å². The van der Waals surface area contributed by atoms with Crippen molar-refractivity contribution in [2.24, 2.45) is 5.41 Å². The van der Waals surface area contributed by atoms with E-state index in [2.05, 4.69) is 67.9 Å². The summed E-state index contributed by atoms with van der Waals surface area (Å²) in [6.45, 7) is 13.2. The Morgan fingerprint density at radius 3 is 2.55 bits per heavy atom. The van der Waals surface area contributed by atoms with E-state index < -0.39 is 0 Å². The molecule has 0 spiro atoms. The minimum atomic E-state index is -0.300. The molecule has 3 unspecified atom stereocenters. The summed E-state index contributed by atoms with van der Waals surface area (Å²) >= 11 is 0. The first-order chi connectivity index (χ1) is 15.7. The van der Waals surface area contributed by atoms with E-state index in [-0.39, 0.29) is 35.4 Å². The monoisotopic (exact) mass is 453 g/mol. The molecule has 1 heterocycles. The van der Waals surface area contributed by atoms with E-state index >= 15 is 0 Å². The summed E-state index contributed by atoms with van der Waals surface area (Å²) in [4.78, 5) is 14.6. The summed E-state index contributed by atoms with van der Waals surface area (Å²) in [5.41, 5.74) is 4.11. The van der Waals surface area contributed by atoms with Crippen LogP contribution in [-0.2, 0) is 11.2 Å². The lowest BCUT2D eigenvalue weighted by Crippen LogP contribution is -2.45. The van der Waals surface area contributed by atoms with Crippen molar-refractivity contribution in [1.82, 2.24) is 15.5 Å². The van der Waals surface area contributed by atoms with Crippen molar-refractivity contribution in [1.29, 1.82) is 0 Å². The molecule has 5 nitrogen and oxygen atoms in total. The van der Waals surface area contributed by atoms with Crippen LogP contribution in [-0.4, -0.2) is 53.7 Å². The lowest BCUT2D eigenvalue weighted by Gasteiger charge is -2.43. The number of benzene rings is 1. The maximum Gasteiger partial charge on any atom is 0.249 e. The summed E-state index contributed by atoms with van der Waals surface area (Å²) in [6.07, 6.45) is 10.0. The maximum atomic E-state index is 12.8. The molecular formula is C28H43N3O2. The molecule has 3 N–H and O–H groups in total. The van der Waals surface area contributed by atoms with Gasteiger partial charge in [0, 0.05) is 37.4 Å². The molecule has 3 atom stereocenters. The lowest BCUT2D eigenvalue weighted by molar-refractivity contribution is -0.131. The van der Waals surface area contributed by atoms with Gasteiger partial charge in [0.25, 0.3) is 0 Å². The molecule has 2 aliphatic rings. The Bertz CT molecular complexity index is 866. The van der Waals surface area contributed by atoms with E-state index in [1.807, 2.05) is 24.8 Å². The number of rotatable bonds is 9. The van der Waals surface area contributed by atoms with Crippen molar-refractivity contribution < 1.29 is 9.90 Å². The number of hydrogen-bond donors (Lipinski definition) is 3. The number of nitrogens with one attached hydrogen (secondary N) is 2. The van der Waals surface area contributed by atoms with Gasteiger partial charge in [-0.1, -0.05) is 36.4 Å². The average molecular weight is 454 g/mol. The second-order valence-electron chi connectivity index (χ2n) is 10.7. The van der Waals surface area contributed by atoms with E-state index in [1.165, 1.54) is 16.7 Å². The van der Waals surface area contributed by atoms with Gasteiger partial charge in [0.2, 0.25) is 5.91 Å². The summed E-state index contributed by atoms with van der Waals surface area (Å²) in [5.74, 6) is 0.378. The van der Waals surface area contributed by atoms with Crippen LogP contribution < -0.4 is 10.6 Å². The van der Waals surface area contributed by atoms with Crippen LogP contribution in [0, 0.1) is 5.41 Å². The number of allylic oxidation sites excluding steroid dienone is 2. The number of amides is 1. The molecule has 0 fully saturated rings. The Morgan fingerprint density at radius 1 is 1.21 bits per heavy atom. The molecule has 5 heteroatoms. The molecular weight excluding hydrogens is 410 g/mol. The Hall–Kier alpha value is -2.11. The number of fused-ring (bicyclic) bond motifs is 1. The van der Waals surface area contributed by atoms with Crippen LogP contribution in [0.1, 0.15) is 70.9 Å². The number of likely N-dealkylation sites (N-methyl/N-ethyl adjacent to an activating group) is 1. The molecule has 0 radical (unpaired) electrons. The number of aliphatic hydroxyl groups is 1. The quantitative estimate of drug-likeness (QED) is 0.526. The van der Waals surface area contributed by atoms with Crippen LogP contribution in [0.2, 0.25) is 0 Å². The lowest BCUT2D eigenvalue weighted by atomic mass is 9.62. The second-order valence-corrected chi connectivity index (χ2v) is 10.7. The van der Waals surface area contributed by atoms with Crippen LogP contribution in [0.4, 0.5) is 0 Å². The van der Waals surface area contributed by atoms with Crippen LogP contribution >= 0.6 is 0 Å². The largest absolute Gasteiger partial charge is 0.396 e. The Morgan fingerprint density at radius 2 is 1.94 bits per heavy atom. The third-order valence-corrected chi connectivity index (χ3v) is 7.24. The maximum absolute atomic E-state index is 12.8. The Balaban J connectivity index is 1.83. The fourth-order valence-corrected chi connectivity index (χ4v) is 5.40. The van der Waals surface area contributed by atoms with Gasteiger partial charge in [0.05, 0.1) is 0 Å². The molecule has 0 aromatic heterocycles. The molecule has 0 saturated carbocycles. The molecule has 1 aliphatic carbocycles. The second kappa shape index (κ2) is 10.9. The van der Waals surface area contributed by atoms with Crippen molar-refractivity contribution in [2.45, 2.75) is 77.8 Å². The van der Waals surface area contributed by atoms with Crippen LogP contribution in [0.25, 0.3) is 0 Å². The number of carbonyl (C=O) groups is 1. The third-order valence-electron chi connectivity index (χ3n) is 7.24. The van der Waals surface area contributed by atoms with Crippen molar-refractivity contribution >= 4 is 5.91 Å². The summed E-state index contributed by atoms with van der Waals surface area (Å²) in [7, 11) is 0. The normalized spacial score (nSPS) is 24.6. The standard InChI is InChI=1S/C28H43N3O2/c1-6-31(7-2)26(33)25-13-12-22(20-29-25)24-19-28(15-17-32,14-16-30-27(3,4)5)18-21-10-8-9-11-23(21)24/h8-13,20,24-25,29-30,32H,6-7,14-19H2,1-5H3. The molecule has 0 bridgehead atoms. The zero-order valence-corrected chi connectivity index (χ0v) is 21.2. The fourth-order valence-electron chi connectivity index (χ4n) is 5.40. The summed E-state index contributed by atoms with van der Waals surface area (Å²) in [6, 6.07) is 8.45. The highest BCUT2D eigenvalue weighted by molar-refractivity contribution is 5.84. The highest BCUT2D eigenvalue weighted by Gasteiger charge is 2.40. The molecule has 1 aliphatic heterocycles. The van der Waals surface area contributed by atoms with Crippen LogP contribution in [0.5, 0.6) is 0 Å². The Kier molecular flexibility index (Phi) is 8.41. The predicted octanol–water partition coefficient (Wildman–Crippen LogP) is 4.14. The molecule has 3 rings (SSSR count). The van der Waals surface area contributed by atoms with Gasteiger partial charge >= 0.3 is 0 Å². The Labute approximate surface area is 200 Å². The van der Waals surface area contributed by atoms with Gasteiger partial charge in [-0.05, 0) is 89.0 Å². The molecule has 182 valence electrons. The van der Waals surface area contributed by atoms with Crippen molar-refractivity contribution in [2.75, 3.05) is 26.2 Å². The van der Waals surface area contributed by atoms with Crippen LogP contribution in [0.15, 0.2) is 48.2 Å². The van der Waals surface area contributed by atoms with Crippen LogP contribution in [0.3, 0.4) is 0 Å². The van der Waals surface area contributed by atoms with Crippen molar-refractivity contribution in [3.8, 4) is 0 Å². The van der Waals surface area contributed by atoms with E-state index in [0.29, 0.717) is 0 Å². The van der Waals surface area contributed by atoms with Gasteiger partial charge in [-0.15, -0.1) is 0 Å². The van der Waals surface area contributed by atoms with Gasteiger partial charge < -0.3 is 20.6 Å². The number of nitrogens with zero attached hydrogens (tertiary/aromatic N) is 1. The van der Waals surface area contributed by atoms with Gasteiger partial charge in [-0.25, -0.2) is 0 Å². The third kappa shape index (κ3) is 6.27. The first-order valence-corrected chi connectivity index (χ1v) is 12.6. The molecule has 1 aromatic rings. The minimum Gasteiger partial charge on any atom is -0.396 e. The zero-order valence-electron chi connectivity index (χ0n) is 21.2. The van der Waals surface area contributed by atoms with E-state index in [1.54, 1.807) is 0 Å². The SMILES string of the molecule is CCN(CC)C(=O)C1C=CC(C2CC(CCO)(CCNC(C)(C)C)Cc3ccccc32)=CN1. The van der Waals surface area contributed by atoms with Crippen molar-refractivity contribution in [3.63, 3.8) is 0 Å². The molecule has 1 aromatic carbocycles. The number of dihydropyridines is 1. The van der Waals surface area contributed by atoms with Crippen molar-refractivity contribution in [3.05, 3.63) is 59.3 Å². The van der Waals surface area contributed by atoms with E-state index in [9.17, 15) is 9.90 Å². The minimum absolute atomic E-state index is 0.0502. The summed E-state index contributed by atoms with van der Waals surface area (Å²) in [5, 5.41) is 17.0. The number of carbonyl (C=O) groups excluding carboxylic acids is 1. The topological polar surface area (TPSA) is 64.6 Å². The highest BCUT2D eigenvalue weighted by Crippen LogP contribution is 2.49. The van der Waals surface area contributed by atoms with Gasteiger partial charge in [0.15, 0.2) is 0 Å². The zero-order chi connectivity index (χ0) is 24.1. The molecule has 0 saturated heterocycles. The first-order valence-electron chi connectivity index (χ1n) is 12.6. The fraction of sp³-hybridized carbons (Fsp3) is 0.607. The van der Waals surface area contributed by atoms with E-state index in [0.717, 1.165) is 45.3 Å². The molecule has 1 amide bonds. The number of aliphatic hydroxyl groups excluding tert-OH is 1. The predicted molar refractivity (Wildman–Crippen MR) is 136 cm³/mol. The highest BCUT2D eigenvalue weighted by atomic mass is 16.3. The van der Waals surface area contributed by atoms with Gasteiger partial charge in [-0.3, -0.25) is 4.79 Å². The number of hydrogen-bond acceptors (Lipinski definition) is 4. The van der Waals surface area contributed by atoms with E-state index in [4.69, 9.17) is 0 Å². The summed E-state index contributed by atoms with van der Waals surface area (Å²) < 4.78 is 0.